The molecule has 1 aliphatic rings. The summed E-state index contributed by atoms with van der Waals surface area (Å²) < 4.78 is 39.2. The van der Waals surface area contributed by atoms with Crippen molar-refractivity contribution >= 4 is 40.8 Å². The molecule has 0 saturated carbocycles. The number of nitrogens with one attached hydrogen (secondary N) is 2. The first-order valence-corrected chi connectivity index (χ1v) is 12.2. The highest BCUT2D eigenvalue weighted by molar-refractivity contribution is 6.07. The molecule has 12 heteroatoms. The average Bonchev–Trinajstić information content (AvgIpc) is 2.93. The Kier molecular flexibility index (Phi) is 6.84. The summed E-state index contributed by atoms with van der Waals surface area (Å²) in [6.45, 7) is 3.87. The summed E-state index contributed by atoms with van der Waals surface area (Å²) in [5.74, 6) is 0.0593. The molecule has 0 fully saturated rings. The summed E-state index contributed by atoms with van der Waals surface area (Å²) in [5.41, 5.74) is 2.84. The van der Waals surface area contributed by atoms with Gasteiger partial charge < -0.3 is 10.6 Å². The van der Waals surface area contributed by atoms with Gasteiger partial charge in [-0.05, 0) is 61.9 Å². The fourth-order valence-electron chi connectivity index (χ4n) is 4.25. The third kappa shape index (κ3) is 5.41. The van der Waals surface area contributed by atoms with Crippen molar-refractivity contribution in [3.05, 3.63) is 94.9 Å². The Hall–Kier alpha value is -5.00. The molecular formula is C28H24F3N7O2. The van der Waals surface area contributed by atoms with E-state index in [0.29, 0.717) is 34.4 Å². The molecule has 0 aliphatic carbocycles. The van der Waals surface area contributed by atoms with Crippen LogP contribution in [0.1, 0.15) is 32.7 Å². The number of fused-ring (bicyclic) bond motifs is 1. The molecule has 2 aromatic carbocycles. The Morgan fingerprint density at radius 3 is 2.48 bits per heavy atom. The number of hydrogen-bond donors (Lipinski definition) is 2. The zero-order chi connectivity index (χ0) is 28.6. The molecular weight excluding hydrogens is 523 g/mol. The Morgan fingerprint density at radius 2 is 1.75 bits per heavy atom. The van der Waals surface area contributed by atoms with Gasteiger partial charge in [0, 0.05) is 35.8 Å². The highest BCUT2D eigenvalue weighted by Crippen LogP contribution is 2.34. The maximum absolute atomic E-state index is 13.4. The van der Waals surface area contributed by atoms with Crippen LogP contribution in [0.2, 0.25) is 0 Å². The summed E-state index contributed by atoms with van der Waals surface area (Å²) in [6, 6.07) is 12.5. The normalized spacial score (nSPS) is 13.2. The van der Waals surface area contributed by atoms with Crippen LogP contribution in [0.15, 0.2) is 67.0 Å². The van der Waals surface area contributed by atoms with Gasteiger partial charge in [0.15, 0.2) is 0 Å². The monoisotopic (exact) mass is 547 g/mol. The van der Waals surface area contributed by atoms with Crippen LogP contribution in [0.3, 0.4) is 0 Å². The van der Waals surface area contributed by atoms with Gasteiger partial charge in [-0.1, -0.05) is 12.1 Å². The summed E-state index contributed by atoms with van der Waals surface area (Å²) in [6.07, 6.45) is -1.27. The standard InChI is InChI=1S/C28H24F3N7O2/c1-16-7-9-21(34-25(39)18-5-4-6-20(11-18)28(29,30)31)12-23(16)38-15-19-13-33-26(36-24(19)37(3)27(38)40)35-22-10-8-17(2)32-14-22/h4-14H,15H2,1-3H3,(H,34,39)(H,33,35,36). The van der Waals surface area contributed by atoms with Crippen LogP contribution in [-0.4, -0.2) is 33.9 Å². The van der Waals surface area contributed by atoms with Crippen molar-refractivity contribution in [2.75, 3.05) is 27.5 Å². The highest BCUT2D eigenvalue weighted by atomic mass is 19.4. The molecule has 2 aromatic heterocycles. The molecule has 204 valence electrons. The molecule has 3 amide bonds. The van der Waals surface area contributed by atoms with Crippen LogP contribution in [-0.2, 0) is 12.7 Å². The predicted molar refractivity (Wildman–Crippen MR) is 145 cm³/mol. The SMILES string of the molecule is Cc1ccc(Nc2ncc3c(n2)N(C)C(=O)N(c2cc(NC(=O)c4cccc(C(F)(F)F)c4)ccc2C)C3)cn1. The van der Waals surface area contributed by atoms with E-state index >= 15 is 0 Å². The minimum absolute atomic E-state index is 0.136. The number of pyridine rings is 1. The number of rotatable bonds is 5. The van der Waals surface area contributed by atoms with Crippen molar-refractivity contribution in [1.82, 2.24) is 15.0 Å². The third-order valence-electron chi connectivity index (χ3n) is 6.38. The number of carbonyl (C=O) groups excluding carboxylic acids is 2. The molecule has 9 nitrogen and oxygen atoms in total. The number of hydrogen-bond acceptors (Lipinski definition) is 6. The first kappa shape index (κ1) is 26.6. The maximum atomic E-state index is 13.4. The summed E-state index contributed by atoms with van der Waals surface area (Å²) in [7, 11) is 1.60. The van der Waals surface area contributed by atoms with E-state index in [9.17, 15) is 22.8 Å². The fraction of sp³-hybridized carbons (Fsp3) is 0.179. The number of nitrogens with zero attached hydrogens (tertiary/aromatic N) is 5. The fourth-order valence-corrected chi connectivity index (χ4v) is 4.25. The van der Waals surface area contributed by atoms with Crippen LogP contribution in [0, 0.1) is 13.8 Å². The van der Waals surface area contributed by atoms with E-state index in [0.717, 1.165) is 23.4 Å². The maximum Gasteiger partial charge on any atom is 0.416 e. The van der Waals surface area contributed by atoms with Crippen LogP contribution in [0.4, 0.5) is 46.8 Å². The molecule has 0 unspecified atom stereocenters. The van der Waals surface area contributed by atoms with Crippen molar-refractivity contribution in [1.29, 1.82) is 0 Å². The van der Waals surface area contributed by atoms with Gasteiger partial charge in [-0.15, -0.1) is 0 Å². The second-order valence-corrected chi connectivity index (χ2v) is 9.32. The van der Waals surface area contributed by atoms with Gasteiger partial charge in [0.05, 0.1) is 29.7 Å². The van der Waals surface area contributed by atoms with Crippen LogP contribution in [0.25, 0.3) is 0 Å². The highest BCUT2D eigenvalue weighted by Gasteiger charge is 2.32. The molecule has 5 rings (SSSR count). The van der Waals surface area contributed by atoms with E-state index in [1.165, 1.54) is 21.9 Å². The van der Waals surface area contributed by atoms with E-state index in [2.05, 4.69) is 25.6 Å². The lowest BCUT2D eigenvalue weighted by atomic mass is 10.1. The summed E-state index contributed by atoms with van der Waals surface area (Å²) in [5, 5.41) is 5.71. The number of anilines is 5. The molecule has 0 spiro atoms. The number of alkyl halides is 3. The van der Waals surface area contributed by atoms with Gasteiger partial charge in [0.25, 0.3) is 5.91 Å². The molecule has 0 radical (unpaired) electrons. The van der Waals surface area contributed by atoms with Crippen molar-refractivity contribution in [3.8, 4) is 0 Å². The van der Waals surface area contributed by atoms with E-state index < -0.39 is 17.6 Å². The lowest BCUT2D eigenvalue weighted by Crippen LogP contribution is -2.46. The molecule has 4 aromatic rings. The predicted octanol–water partition coefficient (Wildman–Crippen LogP) is 6.08. The van der Waals surface area contributed by atoms with Crippen molar-refractivity contribution in [2.24, 2.45) is 0 Å². The molecule has 0 atom stereocenters. The molecule has 3 heterocycles. The first-order valence-electron chi connectivity index (χ1n) is 12.2. The minimum atomic E-state index is -4.57. The number of benzene rings is 2. The van der Waals surface area contributed by atoms with Gasteiger partial charge in [-0.25, -0.2) is 9.78 Å². The zero-order valence-corrected chi connectivity index (χ0v) is 21.7. The van der Waals surface area contributed by atoms with E-state index in [1.807, 2.05) is 26.0 Å². The smallest absolute Gasteiger partial charge is 0.323 e. The van der Waals surface area contributed by atoms with Gasteiger partial charge in [0.2, 0.25) is 5.95 Å². The molecule has 2 N–H and O–H groups in total. The first-order chi connectivity index (χ1) is 19.0. The quantitative estimate of drug-likeness (QED) is 0.314. The van der Waals surface area contributed by atoms with Crippen molar-refractivity contribution in [2.45, 2.75) is 26.6 Å². The average molecular weight is 548 g/mol. The zero-order valence-electron chi connectivity index (χ0n) is 21.7. The Bertz CT molecular complexity index is 1610. The largest absolute Gasteiger partial charge is 0.416 e. The lowest BCUT2D eigenvalue weighted by molar-refractivity contribution is -0.137. The molecule has 0 saturated heterocycles. The minimum Gasteiger partial charge on any atom is -0.323 e. The number of aromatic nitrogens is 3. The lowest BCUT2D eigenvalue weighted by Gasteiger charge is -2.35. The number of aryl methyl sites for hydroxylation is 2. The number of urea groups is 1. The van der Waals surface area contributed by atoms with Crippen molar-refractivity contribution in [3.63, 3.8) is 0 Å². The second-order valence-electron chi connectivity index (χ2n) is 9.32. The molecule has 40 heavy (non-hydrogen) atoms. The topological polar surface area (TPSA) is 103 Å². The van der Waals surface area contributed by atoms with E-state index in [1.54, 1.807) is 37.6 Å². The number of carbonyl (C=O) groups is 2. The van der Waals surface area contributed by atoms with Gasteiger partial charge in [-0.3, -0.25) is 19.6 Å². The number of amides is 3. The molecule has 1 aliphatic heterocycles. The Balaban J connectivity index is 1.37. The van der Waals surface area contributed by atoms with Crippen LogP contribution < -0.4 is 20.4 Å². The Morgan fingerprint density at radius 1 is 0.975 bits per heavy atom. The molecule has 0 bridgehead atoms. The Labute approximate surface area is 227 Å². The van der Waals surface area contributed by atoms with E-state index in [4.69, 9.17) is 0 Å². The second kappa shape index (κ2) is 10.3. The van der Waals surface area contributed by atoms with Gasteiger partial charge in [0.1, 0.15) is 5.82 Å². The van der Waals surface area contributed by atoms with Gasteiger partial charge in [-0.2, -0.15) is 18.2 Å². The van der Waals surface area contributed by atoms with Crippen LogP contribution >= 0.6 is 0 Å². The van der Waals surface area contributed by atoms with Gasteiger partial charge >= 0.3 is 12.2 Å². The summed E-state index contributed by atoms with van der Waals surface area (Å²) >= 11 is 0. The third-order valence-corrected chi connectivity index (χ3v) is 6.38. The van der Waals surface area contributed by atoms with Crippen LogP contribution in [0.5, 0.6) is 0 Å². The van der Waals surface area contributed by atoms with E-state index in [-0.39, 0.29) is 18.1 Å². The number of halogens is 3. The summed E-state index contributed by atoms with van der Waals surface area (Å²) in [4.78, 5) is 42.2. The van der Waals surface area contributed by atoms with Crippen molar-refractivity contribution < 1.29 is 22.8 Å².